The lowest BCUT2D eigenvalue weighted by Crippen LogP contribution is -2.29. The monoisotopic (exact) mass is 309 g/mol. The molecule has 1 aliphatic heterocycles. The second kappa shape index (κ2) is 6.82. The summed E-state index contributed by atoms with van der Waals surface area (Å²) in [6, 6.07) is 9.94. The normalized spacial score (nSPS) is 15.5. The van der Waals surface area contributed by atoms with E-state index in [1.165, 1.54) is 12.8 Å². The van der Waals surface area contributed by atoms with Crippen molar-refractivity contribution in [3.05, 3.63) is 59.4 Å². The molecular weight excluding hydrogens is 286 g/mol. The Morgan fingerprint density at radius 3 is 2.74 bits per heavy atom. The van der Waals surface area contributed by atoms with Crippen LogP contribution in [0.4, 0.5) is 5.69 Å². The zero-order valence-corrected chi connectivity index (χ0v) is 13.7. The van der Waals surface area contributed by atoms with Crippen LogP contribution in [0.3, 0.4) is 0 Å². The number of hydrogen-bond acceptors (Lipinski definition) is 3. The van der Waals surface area contributed by atoms with E-state index in [0.717, 1.165) is 35.5 Å². The maximum atomic E-state index is 12.8. The number of nitrogens with zero attached hydrogens (tertiary/aromatic N) is 2. The molecule has 0 bridgehead atoms. The summed E-state index contributed by atoms with van der Waals surface area (Å²) in [6.45, 7) is 6.07. The summed E-state index contributed by atoms with van der Waals surface area (Å²) in [5, 5.41) is 3.10. The molecule has 1 amide bonds. The zero-order valence-electron chi connectivity index (χ0n) is 13.7. The van der Waals surface area contributed by atoms with Crippen LogP contribution < -0.4 is 10.2 Å². The quantitative estimate of drug-likeness (QED) is 0.940. The fourth-order valence-corrected chi connectivity index (χ4v) is 3.06. The summed E-state index contributed by atoms with van der Waals surface area (Å²) >= 11 is 0. The van der Waals surface area contributed by atoms with Gasteiger partial charge >= 0.3 is 0 Å². The SMILES string of the molecule is Cc1ccc(N2CCCC2)c(C(=O)N[C@H](C)c2cccnc2)c1. The molecule has 1 fully saturated rings. The lowest BCUT2D eigenvalue weighted by molar-refractivity contribution is 0.0940. The van der Waals surface area contributed by atoms with E-state index in [9.17, 15) is 4.79 Å². The summed E-state index contributed by atoms with van der Waals surface area (Å²) in [6.07, 6.45) is 5.93. The Bertz CT molecular complexity index is 678. The first-order valence-corrected chi connectivity index (χ1v) is 8.21. The van der Waals surface area contributed by atoms with Crippen LogP contribution in [0.25, 0.3) is 0 Å². The van der Waals surface area contributed by atoms with Crippen LogP contribution in [0.15, 0.2) is 42.7 Å². The molecule has 1 N–H and O–H groups in total. The van der Waals surface area contributed by atoms with E-state index in [0.29, 0.717) is 0 Å². The second-order valence-corrected chi connectivity index (χ2v) is 6.20. The Morgan fingerprint density at radius 1 is 1.26 bits per heavy atom. The van der Waals surface area contributed by atoms with Gasteiger partial charge in [-0.25, -0.2) is 0 Å². The topological polar surface area (TPSA) is 45.2 Å². The molecule has 4 nitrogen and oxygen atoms in total. The van der Waals surface area contributed by atoms with Gasteiger partial charge in [0.25, 0.3) is 5.91 Å². The number of nitrogens with one attached hydrogen (secondary N) is 1. The summed E-state index contributed by atoms with van der Waals surface area (Å²) < 4.78 is 0. The maximum absolute atomic E-state index is 12.8. The summed E-state index contributed by atoms with van der Waals surface area (Å²) in [4.78, 5) is 19.2. The third-order valence-electron chi connectivity index (χ3n) is 4.38. The number of rotatable bonds is 4. The number of carbonyl (C=O) groups excluding carboxylic acids is 1. The van der Waals surface area contributed by atoms with Crippen molar-refractivity contribution in [1.29, 1.82) is 0 Å². The van der Waals surface area contributed by atoms with Gasteiger partial charge in [0.15, 0.2) is 0 Å². The molecule has 120 valence electrons. The van der Waals surface area contributed by atoms with Crippen LogP contribution in [0.2, 0.25) is 0 Å². The van der Waals surface area contributed by atoms with Crippen molar-refractivity contribution >= 4 is 11.6 Å². The number of pyridine rings is 1. The molecule has 1 atom stereocenters. The molecule has 2 aromatic rings. The van der Waals surface area contributed by atoms with Crippen molar-refractivity contribution < 1.29 is 4.79 Å². The number of benzene rings is 1. The number of carbonyl (C=O) groups is 1. The molecule has 1 aliphatic rings. The van der Waals surface area contributed by atoms with Crippen LogP contribution in [-0.2, 0) is 0 Å². The Hall–Kier alpha value is -2.36. The number of amides is 1. The molecule has 0 radical (unpaired) electrons. The second-order valence-electron chi connectivity index (χ2n) is 6.20. The minimum absolute atomic E-state index is 0.0213. The van der Waals surface area contributed by atoms with Crippen molar-refractivity contribution in [2.75, 3.05) is 18.0 Å². The van der Waals surface area contributed by atoms with E-state index in [1.54, 1.807) is 12.4 Å². The van der Waals surface area contributed by atoms with Gasteiger partial charge in [-0.3, -0.25) is 9.78 Å². The van der Waals surface area contributed by atoms with Crippen molar-refractivity contribution in [1.82, 2.24) is 10.3 Å². The summed E-state index contributed by atoms with van der Waals surface area (Å²) in [5.74, 6) is -0.0213. The molecule has 0 aliphatic carbocycles. The highest BCUT2D eigenvalue weighted by Gasteiger charge is 2.20. The van der Waals surface area contributed by atoms with Crippen LogP contribution in [0, 0.1) is 6.92 Å². The number of aryl methyl sites for hydroxylation is 1. The first kappa shape index (κ1) is 15.5. The first-order valence-electron chi connectivity index (χ1n) is 8.21. The van der Waals surface area contributed by atoms with E-state index >= 15 is 0 Å². The molecule has 23 heavy (non-hydrogen) atoms. The Morgan fingerprint density at radius 2 is 2.04 bits per heavy atom. The van der Waals surface area contributed by atoms with Crippen molar-refractivity contribution in [2.24, 2.45) is 0 Å². The Balaban J connectivity index is 1.82. The minimum Gasteiger partial charge on any atom is -0.371 e. The van der Waals surface area contributed by atoms with Crippen molar-refractivity contribution in [2.45, 2.75) is 32.7 Å². The molecule has 0 unspecified atom stereocenters. The van der Waals surface area contributed by atoms with Crippen LogP contribution in [0.1, 0.15) is 47.3 Å². The standard InChI is InChI=1S/C19H23N3O/c1-14-7-8-18(22-10-3-4-11-22)17(12-14)19(23)21-15(2)16-6-5-9-20-13-16/h5-9,12-13,15H,3-4,10-11H2,1-2H3,(H,21,23)/t15-/m1/s1. The number of anilines is 1. The van der Waals surface area contributed by atoms with Gasteiger partial charge in [-0.2, -0.15) is 0 Å². The van der Waals surface area contributed by atoms with Crippen LogP contribution in [-0.4, -0.2) is 24.0 Å². The van der Waals surface area contributed by atoms with E-state index in [2.05, 4.69) is 27.3 Å². The van der Waals surface area contributed by atoms with E-state index in [1.807, 2.05) is 32.0 Å². The predicted octanol–water partition coefficient (Wildman–Crippen LogP) is 3.48. The predicted molar refractivity (Wildman–Crippen MR) is 92.7 cm³/mol. The fraction of sp³-hybridized carbons (Fsp3) is 0.368. The maximum Gasteiger partial charge on any atom is 0.253 e. The molecule has 0 saturated carbocycles. The molecule has 2 heterocycles. The molecule has 1 aromatic heterocycles. The van der Waals surface area contributed by atoms with Gasteiger partial charge in [-0.15, -0.1) is 0 Å². The zero-order chi connectivity index (χ0) is 16.2. The minimum atomic E-state index is -0.0665. The van der Waals surface area contributed by atoms with Gasteiger partial charge in [0.2, 0.25) is 0 Å². The Kier molecular flexibility index (Phi) is 4.60. The highest BCUT2D eigenvalue weighted by molar-refractivity contribution is 6.00. The van der Waals surface area contributed by atoms with Crippen molar-refractivity contribution in [3.63, 3.8) is 0 Å². The third-order valence-corrected chi connectivity index (χ3v) is 4.38. The van der Waals surface area contributed by atoms with Gasteiger partial charge < -0.3 is 10.2 Å². The van der Waals surface area contributed by atoms with Crippen LogP contribution in [0.5, 0.6) is 0 Å². The molecular formula is C19H23N3O. The lowest BCUT2D eigenvalue weighted by atomic mass is 10.1. The average Bonchev–Trinajstić information content (AvgIpc) is 3.09. The van der Waals surface area contributed by atoms with Crippen molar-refractivity contribution in [3.8, 4) is 0 Å². The van der Waals surface area contributed by atoms with Gasteiger partial charge in [-0.05, 0) is 50.5 Å². The third kappa shape index (κ3) is 3.52. The summed E-state index contributed by atoms with van der Waals surface area (Å²) in [7, 11) is 0. The first-order chi connectivity index (χ1) is 11.1. The number of aromatic nitrogens is 1. The summed E-state index contributed by atoms with van der Waals surface area (Å²) in [5.41, 5.74) is 3.93. The number of hydrogen-bond donors (Lipinski definition) is 1. The Labute approximate surface area is 137 Å². The van der Waals surface area contributed by atoms with Gasteiger partial charge in [0, 0.05) is 31.2 Å². The van der Waals surface area contributed by atoms with Gasteiger partial charge in [0.1, 0.15) is 0 Å². The van der Waals surface area contributed by atoms with E-state index in [-0.39, 0.29) is 11.9 Å². The molecule has 0 spiro atoms. The smallest absolute Gasteiger partial charge is 0.253 e. The van der Waals surface area contributed by atoms with Crippen LogP contribution >= 0.6 is 0 Å². The lowest BCUT2D eigenvalue weighted by Gasteiger charge is -2.22. The van der Waals surface area contributed by atoms with E-state index < -0.39 is 0 Å². The molecule has 3 rings (SSSR count). The largest absolute Gasteiger partial charge is 0.371 e. The van der Waals surface area contributed by atoms with E-state index in [4.69, 9.17) is 0 Å². The van der Waals surface area contributed by atoms with Gasteiger partial charge in [-0.1, -0.05) is 17.7 Å². The highest BCUT2D eigenvalue weighted by Crippen LogP contribution is 2.26. The molecule has 1 aromatic carbocycles. The van der Waals surface area contributed by atoms with Gasteiger partial charge in [0.05, 0.1) is 11.6 Å². The fourth-order valence-electron chi connectivity index (χ4n) is 3.06. The molecule has 1 saturated heterocycles. The average molecular weight is 309 g/mol. The molecule has 4 heteroatoms. The highest BCUT2D eigenvalue weighted by atomic mass is 16.1.